The Morgan fingerprint density at radius 2 is 2.35 bits per heavy atom. The molecule has 1 aliphatic heterocycles. The van der Waals surface area contributed by atoms with Crippen LogP contribution in [-0.2, 0) is 14.3 Å². The van der Waals surface area contributed by atoms with Gasteiger partial charge in [-0.25, -0.2) is 0 Å². The zero-order chi connectivity index (χ0) is 14.5. The zero-order valence-corrected chi connectivity index (χ0v) is 12.2. The molecule has 0 spiro atoms. The summed E-state index contributed by atoms with van der Waals surface area (Å²) in [4.78, 5) is 20.0. The lowest BCUT2D eigenvalue weighted by Gasteiger charge is -2.32. The Hall–Kier alpha value is -1.66. The molecule has 1 amide bonds. The number of hydrogen-bond acceptors (Lipinski definition) is 5. The molecule has 0 bridgehead atoms. The smallest absolute Gasteiger partial charge is 0.248 e. The SMILES string of the molecule is COCC(=O)N1CCO[C@H](c2ccc(N(C)C)cn2)C1. The van der Waals surface area contributed by atoms with Crippen molar-refractivity contribution in [1.82, 2.24) is 9.88 Å². The Balaban J connectivity index is 2.03. The Kier molecular flexibility index (Phi) is 4.92. The molecule has 20 heavy (non-hydrogen) atoms. The molecule has 1 aromatic rings. The van der Waals surface area contributed by atoms with E-state index < -0.39 is 0 Å². The molecule has 1 atom stereocenters. The molecule has 1 saturated heterocycles. The summed E-state index contributed by atoms with van der Waals surface area (Å²) in [5.74, 6) is -0.00860. The van der Waals surface area contributed by atoms with E-state index in [0.717, 1.165) is 11.4 Å². The number of nitrogens with zero attached hydrogens (tertiary/aromatic N) is 3. The van der Waals surface area contributed by atoms with Gasteiger partial charge in [-0.3, -0.25) is 9.78 Å². The van der Waals surface area contributed by atoms with E-state index in [1.807, 2.05) is 37.3 Å². The van der Waals surface area contributed by atoms with Gasteiger partial charge < -0.3 is 19.3 Å². The van der Waals surface area contributed by atoms with Crippen molar-refractivity contribution in [2.24, 2.45) is 0 Å². The van der Waals surface area contributed by atoms with E-state index in [9.17, 15) is 4.79 Å². The van der Waals surface area contributed by atoms with Crippen LogP contribution in [0.25, 0.3) is 0 Å². The largest absolute Gasteiger partial charge is 0.376 e. The van der Waals surface area contributed by atoms with E-state index in [2.05, 4.69) is 4.98 Å². The second-order valence-electron chi connectivity index (χ2n) is 4.97. The molecule has 110 valence electrons. The number of amides is 1. The van der Waals surface area contributed by atoms with Gasteiger partial charge in [-0.2, -0.15) is 0 Å². The van der Waals surface area contributed by atoms with E-state index in [1.54, 1.807) is 4.90 Å². The molecule has 1 aromatic heterocycles. The monoisotopic (exact) mass is 279 g/mol. The average molecular weight is 279 g/mol. The topological polar surface area (TPSA) is 54.9 Å². The van der Waals surface area contributed by atoms with Gasteiger partial charge in [-0.1, -0.05) is 0 Å². The summed E-state index contributed by atoms with van der Waals surface area (Å²) in [5, 5.41) is 0. The van der Waals surface area contributed by atoms with Gasteiger partial charge in [0.25, 0.3) is 0 Å². The first-order valence-electron chi connectivity index (χ1n) is 6.63. The number of morpholine rings is 1. The number of anilines is 1. The standard InChI is InChI=1S/C14H21N3O3/c1-16(2)11-4-5-12(15-8-11)13-9-17(6-7-20-13)14(18)10-19-3/h4-5,8,13H,6-7,9-10H2,1-3H3/t13-/m0/s1. The van der Waals surface area contributed by atoms with Crippen molar-refractivity contribution < 1.29 is 14.3 Å². The number of aromatic nitrogens is 1. The maximum absolute atomic E-state index is 11.8. The van der Waals surface area contributed by atoms with Gasteiger partial charge in [0, 0.05) is 27.7 Å². The summed E-state index contributed by atoms with van der Waals surface area (Å²) >= 11 is 0. The molecule has 6 heteroatoms. The van der Waals surface area contributed by atoms with Gasteiger partial charge >= 0.3 is 0 Å². The minimum atomic E-state index is -0.166. The Labute approximate surface area is 119 Å². The first kappa shape index (κ1) is 14.7. The van der Waals surface area contributed by atoms with Crippen molar-refractivity contribution in [2.45, 2.75) is 6.10 Å². The second kappa shape index (κ2) is 6.67. The molecular formula is C14H21N3O3. The van der Waals surface area contributed by atoms with Gasteiger partial charge in [0.1, 0.15) is 12.7 Å². The van der Waals surface area contributed by atoms with Gasteiger partial charge in [0.2, 0.25) is 5.91 Å². The molecule has 6 nitrogen and oxygen atoms in total. The van der Waals surface area contributed by atoms with Gasteiger partial charge in [-0.05, 0) is 12.1 Å². The number of carbonyl (C=O) groups is 1. The molecule has 0 aromatic carbocycles. The second-order valence-corrected chi connectivity index (χ2v) is 4.97. The fourth-order valence-corrected chi connectivity index (χ4v) is 2.12. The van der Waals surface area contributed by atoms with E-state index in [0.29, 0.717) is 19.7 Å². The molecule has 2 rings (SSSR count). The number of ether oxygens (including phenoxy) is 2. The van der Waals surface area contributed by atoms with Crippen LogP contribution in [0.3, 0.4) is 0 Å². The van der Waals surface area contributed by atoms with Crippen LogP contribution in [0.15, 0.2) is 18.3 Å². The number of carbonyl (C=O) groups excluding carboxylic acids is 1. The van der Waals surface area contributed by atoms with Crippen molar-refractivity contribution in [2.75, 3.05) is 52.4 Å². The highest BCUT2D eigenvalue weighted by Crippen LogP contribution is 2.22. The predicted molar refractivity (Wildman–Crippen MR) is 75.7 cm³/mol. The van der Waals surface area contributed by atoms with Crippen LogP contribution < -0.4 is 4.90 Å². The molecule has 0 unspecified atom stereocenters. The first-order valence-corrected chi connectivity index (χ1v) is 6.63. The number of hydrogen-bond donors (Lipinski definition) is 0. The summed E-state index contributed by atoms with van der Waals surface area (Å²) in [6, 6.07) is 3.95. The average Bonchev–Trinajstić information content (AvgIpc) is 2.48. The minimum Gasteiger partial charge on any atom is -0.376 e. The van der Waals surface area contributed by atoms with Crippen LogP contribution in [0, 0.1) is 0 Å². The van der Waals surface area contributed by atoms with Crippen LogP contribution >= 0.6 is 0 Å². The molecule has 1 aliphatic rings. The summed E-state index contributed by atoms with van der Waals surface area (Å²) in [7, 11) is 5.47. The highest BCUT2D eigenvalue weighted by molar-refractivity contribution is 5.77. The quantitative estimate of drug-likeness (QED) is 0.812. The normalized spacial score (nSPS) is 18.9. The number of pyridine rings is 1. The van der Waals surface area contributed by atoms with Gasteiger partial charge in [0.05, 0.1) is 30.7 Å². The summed E-state index contributed by atoms with van der Waals surface area (Å²) in [6.07, 6.45) is 1.65. The third-order valence-corrected chi connectivity index (χ3v) is 3.30. The minimum absolute atomic E-state index is 0.00860. The van der Waals surface area contributed by atoms with Crippen molar-refractivity contribution in [3.05, 3.63) is 24.0 Å². The molecular weight excluding hydrogens is 258 g/mol. The zero-order valence-electron chi connectivity index (χ0n) is 12.2. The lowest BCUT2D eigenvalue weighted by Crippen LogP contribution is -2.43. The van der Waals surface area contributed by atoms with E-state index in [1.165, 1.54) is 7.11 Å². The Bertz CT molecular complexity index is 447. The third-order valence-electron chi connectivity index (χ3n) is 3.30. The van der Waals surface area contributed by atoms with Crippen LogP contribution in [0.4, 0.5) is 5.69 Å². The predicted octanol–water partition coefficient (Wildman–Crippen LogP) is 0.694. The summed E-state index contributed by atoms with van der Waals surface area (Å²) in [6.45, 7) is 1.77. The highest BCUT2D eigenvalue weighted by atomic mass is 16.5. The first-order chi connectivity index (χ1) is 9.61. The lowest BCUT2D eigenvalue weighted by atomic mass is 10.2. The fourth-order valence-electron chi connectivity index (χ4n) is 2.12. The van der Waals surface area contributed by atoms with Crippen LogP contribution in [0.2, 0.25) is 0 Å². The summed E-state index contributed by atoms with van der Waals surface area (Å²) < 4.78 is 10.6. The molecule has 0 radical (unpaired) electrons. The van der Waals surface area contributed by atoms with Crippen LogP contribution in [0.5, 0.6) is 0 Å². The van der Waals surface area contributed by atoms with Gasteiger partial charge in [-0.15, -0.1) is 0 Å². The molecule has 0 saturated carbocycles. The molecule has 0 N–H and O–H groups in total. The lowest BCUT2D eigenvalue weighted by molar-refractivity contribution is -0.143. The van der Waals surface area contributed by atoms with Crippen molar-refractivity contribution >= 4 is 11.6 Å². The molecule has 1 fully saturated rings. The maximum atomic E-state index is 11.8. The fraction of sp³-hybridized carbons (Fsp3) is 0.571. The molecule has 0 aliphatic carbocycles. The van der Waals surface area contributed by atoms with E-state index in [-0.39, 0.29) is 18.6 Å². The Morgan fingerprint density at radius 1 is 1.55 bits per heavy atom. The number of rotatable bonds is 4. The van der Waals surface area contributed by atoms with Gasteiger partial charge in [0.15, 0.2) is 0 Å². The Morgan fingerprint density at radius 3 is 2.95 bits per heavy atom. The van der Waals surface area contributed by atoms with Crippen molar-refractivity contribution in [1.29, 1.82) is 0 Å². The van der Waals surface area contributed by atoms with Crippen molar-refractivity contribution in [3.63, 3.8) is 0 Å². The van der Waals surface area contributed by atoms with Crippen LogP contribution in [-0.4, -0.2) is 63.3 Å². The van der Waals surface area contributed by atoms with E-state index in [4.69, 9.17) is 9.47 Å². The van der Waals surface area contributed by atoms with Crippen molar-refractivity contribution in [3.8, 4) is 0 Å². The third kappa shape index (κ3) is 3.46. The highest BCUT2D eigenvalue weighted by Gasteiger charge is 2.26. The van der Waals surface area contributed by atoms with Crippen LogP contribution in [0.1, 0.15) is 11.8 Å². The number of methoxy groups -OCH3 is 1. The molecule has 2 heterocycles. The summed E-state index contributed by atoms with van der Waals surface area (Å²) in [5.41, 5.74) is 1.89. The maximum Gasteiger partial charge on any atom is 0.248 e. The van der Waals surface area contributed by atoms with E-state index >= 15 is 0 Å².